The minimum atomic E-state index is -0.333. The molecule has 6 heteroatoms. The molecule has 1 aliphatic heterocycles. The Balaban J connectivity index is 1.80. The van der Waals surface area contributed by atoms with Gasteiger partial charge in [0.1, 0.15) is 11.6 Å². The first-order valence-corrected chi connectivity index (χ1v) is 7.26. The number of nitrogens with one attached hydrogen (secondary N) is 1. The molecule has 0 aromatic heterocycles. The van der Waals surface area contributed by atoms with Crippen molar-refractivity contribution in [2.75, 3.05) is 0 Å². The topological polar surface area (TPSA) is 61.7 Å². The fourth-order valence-corrected chi connectivity index (χ4v) is 2.68. The highest BCUT2D eigenvalue weighted by Gasteiger charge is 2.23. The lowest BCUT2D eigenvalue weighted by Gasteiger charge is -1.96. The van der Waals surface area contributed by atoms with Crippen LogP contribution in [0.2, 0.25) is 0 Å². The first-order chi connectivity index (χ1) is 10.6. The van der Waals surface area contributed by atoms with Crippen LogP contribution >= 0.6 is 11.8 Å². The molecule has 4 nitrogen and oxygen atoms in total. The Hall–Kier alpha value is -2.60. The van der Waals surface area contributed by atoms with Crippen LogP contribution in [0.3, 0.4) is 0 Å². The van der Waals surface area contributed by atoms with Gasteiger partial charge in [-0.3, -0.25) is 4.79 Å². The Kier molecular flexibility index (Phi) is 3.93. The Labute approximate surface area is 130 Å². The molecule has 0 aliphatic carbocycles. The van der Waals surface area contributed by atoms with Crippen LogP contribution < -0.4 is 5.32 Å². The van der Waals surface area contributed by atoms with Crippen molar-refractivity contribution in [3.05, 3.63) is 64.8 Å². The number of halogens is 1. The van der Waals surface area contributed by atoms with E-state index in [1.54, 1.807) is 30.3 Å². The SMILES string of the molecule is O=C1NC(=Nc2ccc(F)cc2)S/C1=C\c1ccc(O)cc1. The monoisotopic (exact) mass is 314 g/mol. The van der Waals surface area contributed by atoms with E-state index in [1.165, 1.54) is 36.0 Å². The number of amides is 1. The van der Waals surface area contributed by atoms with E-state index in [9.17, 15) is 14.3 Å². The average molecular weight is 314 g/mol. The van der Waals surface area contributed by atoms with Crippen molar-refractivity contribution in [3.63, 3.8) is 0 Å². The summed E-state index contributed by atoms with van der Waals surface area (Å²) in [6.07, 6.45) is 1.71. The van der Waals surface area contributed by atoms with Gasteiger partial charge in [-0.05, 0) is 59.8 Å². The summed E-state index contributed by atoms with van der Waals surface area (Å²) in [6, 6.07) is 12.2. The fourth-order valence-electron chi connectivity index (χ4n) is 1.84. The van der Waals surface area contributed by atoms with Crippen molar-refractivity contribution in [1.29, 1.82) is 0 Å². The minimum absolute atomic E-state index is 0.171. The van der Waals surface area contributed by atoms with Crippen molar-refractivity contribution in [2.24, 2.45) is 4.99 Å². The summed E-state index contributed by atoms with van der Waals surface area (Å²) in [6.45, 7) is 0. The second-order valence-corrected chi connectivity index (χ2v) is 5.58. The maximum Gasteiger partial charge on any atom is 0.264 e. The molecule has 1 heterocycles. The molecule has 0 spiro atoms. The van der Waals surface area contributed by atoms with Crippen molar-refractivity contribution in [1.82, 2.24) is 5.32 Å². The van der Waals surface area contributed by atoms with Gasteiger partial charge < -0.3 is 10.4 Å². The molecular formula is C16H11FN2O2S. The van der Waals surface area contributed by atoms with Crippen molar-refractivity contribution in [2.45, 2.75) is 0 Å². The van der Waals surface area contributed by atoms with Crippen LogP contribution in [0.25, 0.3) is 6.08 Å². The highest BCUT2D eigenvalue weighted by molar-refractivity contribution is 8.18. The molecule has 2 aromatic rings. The summed E-state index contributed by atoms with van der Waals surface area (Å²) in [7, 11) is 0. The van der Waals surface area contributed by atoms with Crippen LogP contribution in [-0.2, 0) is 4.79 Å². The molecule has 0 radical (unpaired) electrons. The van der Waals surface area contributed by atoms with E-state index in [0.717, 1.165) is 5.56 Å². The average Bonchev–Trinajstić information content (AvgIpc) is 2.84. The Bertz CT molecular complexity index is 768. The van der Waals surface area contributed by atoms with E-state index in [-0.39, 0.29) is 17.5 Å². The zero-order valence-corrected chi connectivity index (χ0v) is 12.1. The lowest BCUT2D eigenvalue weighted by molar-refractivity contribution is -0.115. The molecule has 22 heavy (non-hydrogen) atoms. The second-order valence-electron chi connectivity index (χ2n) is 4.55. The lowest BCUT2D eigenvalue weighted by atomic mass is 10.2. The molecule has 0 saturated carbocycles. The third-order valence-corrected chi connectivity index (χ3v) is 3.81. The molecule has 110 valence electrons. The van der Waals surface area contributed by atoms with Crippen molar-refractivity contribution < 1.29 is 14.3 Å². The van der Waals surface area contributed by atoms with Crippen LogP contribution in [0.4, 0.5) is 10.1 Å². The third kappa shape index (κ3) is 3.35. The van der Waals surface area contributed by atoms with Gasteiger partial charge >= 0.3 is 0 Å². The minimum Gasteiger partial charge on any atom is -0.508 e. The number of hydrogen-bond acceptors (Lipinski definition) is 4. The van der Waals surface area contributed by atoms with E-state index >= 15 is 0 Å². The molecule has 1 fully saturated rings. The summed E-state index contributed by atoms with van der Waals surface area (Å²) in [5.74, 6) is -0.400. The second kappa shape index (κ2) is 6.03. The number of benzene rings is 2. The zero-order valence-electron chi connectivity index (χ0n) is 11.3. The molecular weight excluding hydrogens is 303 g/mol. The summed E-state index contributed by atoms with van der Waals surface area (Å²) >= 11 is 1.21. The van der Waals surface area contributed by atoms with E-state index in [1.807, 2.05) is 0 Å². The molecule has 1 amide bonds. The maximum atomic E-state index is 12.8. The number of amidine groups is 1. The Morgan fingerprint density at radius 1 is 1.09 bits per heavy atom. The Morgan fingerprint density at radius 2 is 1.77 bits per heavy atom. The first-order valence-electron chi connectivity index (χ1n) is 6.44. The van der Waals surface area contributed by atoms with E-state index in [2.05, 4.69) is 10.3 Å². The standard InChI is InChI=1S/C16H11FN2O2S/c17-11-3-5-12(6-4-11)18-16-19-15(21)14(22-16)9-10-1-7-13(20)8-2-10/h1-9,20H,(H,18,19,21)/b14-9-. The third-order valence-electron chi connectivity index (χ3n) is 2.90. The quantitative estimate of drug-likeness (QED) is 0.835. The van der Waals surface area contributed by atoms with Crippen LogP contribution in [0.1, 0.15) is 5.56 Å². The maximum absolute atomic E-state index is 12.8. The number of aliphatic imine (C=N–C) groups is 1. The number of rotatable bonds is 2. The largest absolute Gasteiger partial charge is 0.508 e. The molecule has 2 aromatic carbocycles. The number of phenolic OH excluding ortho intramolecular Hbond substituents is 1. The predicted octanol–water partition coefficient (Wildman–Crippen LogP) is 3.42. The van der Waals surface area contributed by atoms with Crippen LogP contribution in [0.5, 0.6) is 5.75 Å². The molecule has 2 N–H and O–H groups in total. The van der Waals surface area contributed by atoms with Gasteiger partial charge in [-0.25, -0.2) is 9.38 Å². The van der Waals surface area contributed by atoms with Gasteiger partial charge in [0.25, 0.3) is 5.91 Å². The van der Waals surface area contributed by atoms with E-state index in [4.69, 9.17) is 0 Å². The molecule has 1 aliphatic rings. The molecule has 1 saturated heterocycles. The highest BCUT2D eigenvalue weighted by atomic mass is 32.2. The summed E-state index contributed by atoms with van der Waals surface area (Å²) in [4.78, 5) is 16.7. The summed E-state index contributed by atoms with van der Waals surface area (Å²) < 4.78 is 12.8. The number of aromatic hydroxyl groups is 1. The predicted molar refractivity (Wildman–Crippen MR) is 85.3 cm³/mol. The summed E-state index contributed by atoms with van der Waals surface area (Å²) in [5, 5.41) is 12.4. The highest BCUT2D eigenvalue weighted by Crippen LogP contribution is 2.28. The smallest absolute Gasteiger partial charge is 0.264 e. The zero-order chi connectivity index (χ0) is 15.5. The van der Waals surface area contributed by atoms with E-state index < -0.39 is 0 Å². The molecule has 0 bridgehead atoms. The van der Waals surface area contributed by atoms with Gasteiger partial charge in [0.05, 0.1) is 10.6 Å². The number of phenols is 1. The lowest BCUT2D eigenvalue weighted by Crippen LogP contribution is -2.19. The van der Waals surface area contributed by atoms with Gasteiger partial charge in [0, 0.05) is 0 Å². The summed E-state index contributed by atoms with van der Waals surface area (Å²) in [5.41, 5.74) is 1.37. The molecule has 0 unspecified atom stereocenters. The molecule has 3 rings (SSSR count). The van der Waals surface area contributed by atoms with Gasteiger partial charge in [-0.2, -0.15) is 0 Å². The number of hydrogen-bond donors (Lipinski definition) is 2. The van der Waals surface area contributed by atoms with Crippen LogP contribution in [0, 0.1) is 5.82 Å². The van der Waals surface area contributed by atoms with Crippen LogP contribution in [0.15, 0.2) is 58.4 Å². The normalized spacial score (nSPS) is 18.0. The van der Waals surface area contributed by atoms with Gasteiger partial charge in [-0.1, -0.05) is 12.1 Å². The van der Waals surface area contributed by atoms with E-state index in [0.29, 0.717) is 15.8 Å². The number of nitrogens with zero attached hydrogens (tertiary/aromatic N) is 1. The Morgan fingerprint density at radius 3 is 2.45 bits per heavy atom. The molecule has 0 atom stereocenters. The van der Waals surface area contributed by atoms with Gasteiger partial charge in [0.15, 0.2) is 5.17 Å². The first kappa shape index (κ1) is 14.3. The van der Waals surface area contributed by atoms with Crippen molar-refractivity contribution >= 4 is 34.6 Å². The van der Waals surface area contributed by atoms with Crippen molar-refractivity contribution in [3.8, 4) is 5.75 Å². The number of thioether (sulfide) groups is 1. The van der Waals surface area contributed by atoms with Crippen LogP contribution in [-0.4, -0.2) is 16.2 Å². The number of carbonyl (C=O) groups excluding carboxylic acids is 1. The van der Waals surface area contributed by atoms with Gasteiger partial charge in [0.2, 0.25) is 0 Å². The number of carbonyl (C=O) groups is 1. The fraction of sp³-hybridized carbons (Fsp3) is 0. The van der Waals surface area contributed by atoms with Gasteiger partial charge in [-0.15, -0.1) is 0 Å².